The lowest BCUT2D eigenvalue weighted by Gasteiger charge is -2.11. The Hall–Kier alpha value is -2.92. The molecule has 0 fully saturated rings. The van der Waals surface area contributed by atoms with Crippen molar-refractivity contribution in [2.24, 2.45) is 0 Å². The van der Waals surface area contributed by atoms with Gasteiger partial charge in [-0.05, 0) is 36.2 Å². The van der Waals surface area contributed by atoms with Crippen LogP contribution in [0.3, 0.4) is 0 Å². The molecule has 8 nitrogen and oxygen atoms in total. The van der Waals surface area contributed by atoms with Crippen molar-refractivity contribution < 1.29 is 27.4 Å². The van der Waals surface area contributed by atoms with Gasteiger partial charge in [0.2, 0.25) is 5.28 Å². The predicted octanol–water partition coefficient (Wildman–Crippen LogP) is 3.90. The molecule has 12 heteroatoms. The SMILES string of the molecule is COC(=O)c1nn(CCOCC(F)(F)F)c2c(Nc3cccc(C)c3)nc(Cl)nc12. The van der Waals surface area contributed by atoms with Crippen molar-refractivity contribution in [1.29, 1.82) is 0 Å². The molecule has 3 rings (SSSR count). The van der Waals surface area contributed by atoms with Gasteiger partial charge in [0, 0.05) is 5.69 Å². The van der Waals surface area contributed by atoms with Gasteiger partial charge in [0.25, 0.3) is 0 Å². The van der Waals surface area contributed by atoms with E-state index in [2.05, 4.69) is 25.1 Å². The number of anilines is 2. The first-order valence-corrected chi connectivity index (χ1v) is 9.06. The van der Waals surface area contributed by atoms with Gasteiger partial charge in [0.1, 0.15) is 17.6 Å². The third-order valence-corrected chi connectivity index (χ3v) is 4.10. The molecule has 0 aliphatic heterocycles. The first-order valence-electron chi connectivity index (χ1n) is 8.68. The largest absolute Gasteiger partial charge is 0.464 e. The number of carbonyl (C=O) groups is 1. The summed E-state index contributed by atoms with van der Waals surface area (Å²) in [5, 5.41) is 7.08. The second-order valence-electron chi connectivity index (χ2n) is 6.26. The Morgan fingerprint density at radius 2 is 2.07 bits per heavy atom. The summed E-state index contributed by atoms with van der Waals surface area (Å²) >= 11 is 6.03. The summed E-state index contributed by atoms with van der Waals surface area (Å²) in [6.07, 6.45) is -4.45. The highest BCUT2D eigenvalue weighted by atomic mass is 35.5. The van der Waals surface area contributed by atoms with E-state index in [1.54, 1.807) is 6.07 Å². The highest BCUT2D eigenvalue weighted by Gasteiger charge is 2.28. The van der Waals surface area contributed by atoms with E-state index in [0.717, 1.165) is 5.56 Å². The monoisotopic (exact) mass is 443 g/mol. The Morgan fingerprint density at radius 1 is 1.30 bits per heavy atom. The second kappa shape index (κ2) is 8.84. The number of hydrogen-bond donors (Lipinski definition) is 1. The van der Waals surface area contributed by atoms with E-state index in [-0.39, 0.29) is 41.0 Å². The van der Waals surface area contributed by atoms with E-state index in [0.29, 0.717) is 5.69 Å². The average Bonchev–Trinajstić information content (AvgIpc) is 3.02. The molecular weight excluding hydrogens is 427 g/mol. The number of nitrogens with one attached hydrogen (secondary N) is 1. The maximum Gasteiger partial charge on any atom is 0.411 e. The summed E-state index contributed by atoms with van der Waals surface area (Å²) in [5.41, 5.74) is 1.91. The van der Waals surface area contributed by atoms with Crippen LogP contribution in [-0.2, 0) is 16.0 Å². The molecule has 2 heterocycles. The zero-order chi connectivity index (χ0) is 21.9. The number of fused-ring (bicyclic) bond motifs is 1. The van der Waals surface area contributed by atoms with E-state index in [4.69, 9.17) is 16.3 Å². The van der Waals surface area contributed by atoms with E-state index in [9.17, 15) is 18.0 Å². The van der Waals surface area contributed by atoms with Crippen LogP contribution < -0.4 is 5.32 Å². The Labute approximate surface area is 174 Å². The lowest BCUT2D eigenvalue weighted by Crippen LogP contribution is -2.19. The number of aromatic nitrogens is 4. The zero-order valence-corrected chi connectivity index (χ0v) is 16.7. The molecule has 3 aromatic rings. The molecule has 0 saturated heterocycles. The summed E-state index contributed by atoms with van der Waals surface area (Å²) in [6.45, 7) is 0.124. The van der Waals surface area contributed by atoms with Gasteiger partial charge in [0.05, 0.1) is 20.3 Å². The second-order valence-corrected chi connectivity index (χ2v) is 6.60. The van der Waals surface area contributed by atoms with Crippen LogP contribution in [0.5, 0.6) is 0 Å². The fourth-order valence-electron chi connectivity index (χ4n) is 2.74. The molecule has 0 aliphatic carbocycles. The molecule has 0 atom stereocenters. The molecule has 0 amide bonds. The van der Waals surface area contributed by atoms with Crippen molar-refractivity contribution in [1.82, 2.24) is 19.7 Å². The number of benzene rings is 1. The average molecular weight is 444 g/mol. The Morgan fingerprint density at radius 3 is 2.73 bits per heavy atom. The van der Waals surface area contributed by atoms with Crippen molar-refractivity contribution >= 4 is 40.1 Å². The van der Waals surface area contributed by atoms with Crippen molar-refractivity contribution in [3.63, 3.8) is 0 Å². The quantitative estimate of drug-likeness (QED) is 0.336. The number of rotatable bonds is 7. The minimum atomic E-state index is -4.45. The molecule has 0 bridgehead atoms. The van der Waals surface area contributed by atoms with Crippen LogP contribution in [0.15, 0.2) is 24.3 Å². The van der Waals surface area contributed by atoms with E-state index in [1.807, 2.05) is 25.1 Å². The summed E-state index contributed by atoms with van der Waals surface area (Å²) in [5.74, 6) is -0.541. The predicted molar refractivity (Wildman–Crippen MR) is 103 cm³/mol. The molecule has 1 N–H and O–H groups in total. The highest BCUT2D eigenvalue weighted by Crippen LogP contribution is 2.28. The van der Waals surface area contributed by atoms with Gasteiger partial charge in [-0.15, -0.1) is 0 Å². The van der Waals surface area contributed by atoms with Crippen molar-refractivity contribution in [2.45, 2.75) is 19.6 Å². The Balaban J connectivity index is 2.02. The maximum atomic E-state index is 12.3. The van der Waals surface area contributed by atoms with E-state index >= 15 is 0 Å². The van der Waals surface area contributed by atoms with Gasteiger partial charge in [-0.25, -0.2) is 9.78 Å². The first-order chi connectivity index (χ1) is 14.2. The Bertz CT molecular complexity index is 1070. The third-order valence-electron chi connectivity index (χ3n) is 3.93. The third kappa shape index (κ3) is 5.16. The molecule has 1 aromatic carbocycles. The van der Waals surface area contributed by atoms with E-state index < -0.39 is 18.8 Å². The van der Waals surface area contributed by atoms with E-state index in [1.165, 1.54) is 11.8 Å². The Kier molecular flexibility index (Phi) is 6.42. The lowest BCUT2D eigenvalue weighted by atomic mass is 10.2. The minimum Gasteiger partial charge on any atom is -0.464 e. The van der Waals surface area contributed by atoms with Crippen LogP contribution >= 0.6 is 11.6 Å². The molecule has 160 valence electrons. The van der Waals surface area contributed by atoms with Crippen LogP contribution in [0.25, 0.3) is 11.0 Å². The number of methoxy groups -OCH3 is 1. The molecule has 0 spiro atoms. The van der Waals surface area contributed by atoms with Crippen LogP contribution in [0.1, 0.15) is 16.1 Å². The van der Waals surface area contributed by atoms with Crippen LogP contribution in [0, 0.1) is 6.92 Å². The molecule has 0 unspecified atom stereocenters. The van der Waals surface area contributed by atoms with Gasteiger partial charge in [-0.2, -0.15) is 23.3 Å². The molecule has 30 heavy (non-hydrogen) atoms. The fraction of sp³-hybridized carbons (Fsp3) is 0.333. The van der Waals surface area contributed by atoms with Crippen molar-refractivity contribution in [3.8, 4) is 0 Å². The molecule has 2 aromatic heterocycles. The lowest BCUT2D eigenvalue weighted by molar-refractivity contribution is -0.174. The standard InChI is InChI=1S/C18H17ClF3N5O3/c1-10-4-3-5-11(8-10)23-15-14-12(24-17(19)25-15)13(16(28)29-2)26-27(14)6-7-30-9-18(20,21)22/h3-5,8H,6-7,9H2,1-2H3,(H,23,24,25). The van der Waals surface area contributed by atoms with Gasteiger partial charge < -0.3 is 14.8 Å². The number of alkyl halides is 3. The molecule has 0 aliphatic rings. The van der Waals surface area contributed by atoms with Crippen molar-refractivity contribution in [3.05, 3.63) is 40.8 Å². The van der Waals surface area contributed by atoms with Gasteiger partial charge >= 0.3 is 12.1 Å². The summed E-state index contributed by atoms with van der Waals surface area (Å²) in [7, 11) is 1.17. The first kappa shape index (κ1) is 21.8. The highest BCUT2D eigenvalue weighted by molar-refractivity contribution is 6.29. The zero-order valence-electron chi connectivity index (χ0n) is 16.0. The van der Waals surface area contributed by atoms with Gasteiger partial charge in [0.15, 0.2) is 11.5 Å². The van der Waals surface area contributed by atoms with Crippen LogP contribution in [0.4, 0.5) is 24.7 Å². The molecular formula is C18H17ClF3N5O3. The van der Waals surface area contributed by atoms with Gasteiger partial charge in [-0.1, -0.05) is 12.1 Å². The van der Waals surface area contributed by atoms with Gasteiger partial charge in [-0.3, -0.25) is 4.68 Å². The number of carbonyl (C=O) groups excluding carboxylic acids is 1. The number of hydrogen-bond acceptors (Lipinski definition) is 7. The van der Waals surface area contributed by atoms with Crippen molar-refractivity contribution in [2.75, 3.05) is 25.6 Å². The fourth-order valence-corrected chi connectivity index (χ4v) is 2.91. The van der Waals surface area contributed by atoms with Crippen LogP contribution in [-0.4, -0.2) is 52.2 Å². The number of ether oxygens (including phenoxy) is 2. The summed E-state index contributed by atoms with van der Waals surface area (Å²) < 4.78 is 47.6. The number of esters is 1. The topological polar surface area (TPSA) is 91.2 Å². The number of nitrogens with zero attached hydrogens (tertiary/aromatic N) is 4. The summed E-state index contributed by atoms with van der Waals surface area (Å²) in [4.78, 5) is 20.4. The summed E-state index contributed by atoms with van der Waals surface area (Å²) in [6, 6.07) is 7.39. The normalized spacial score (nSPS) is 11.7. The molecule has 0 saturated carbocycles. The van der Waals surface area contributed by atoms with Crippen LogP contribution in [0.2, 0.25) is 5.28 Å². The smallest absolute Gasteiger partial charge is 0.411 e. The number of aryl methyl sites for hydroxylation is 1. The number of halogens is 4. The minimum absolute atomic E-state index is 0.0862. The molecule has 0 radical (unpaired) electrons. The maximum absolute atomic E-state index is 12.3.